The minimum absolute atomic E-state index is 0.0470. The maximum absolute atomic E-state index is 13.9. The van der Waals surface area contributed by atoms with Crippen molar-refractivity contribution in [3.05, 3.63) is 29.7 Å². The van der Waals surface area contributed by atoms with Gasteiger partial charge in [0.2, 0.25) is 24.2 Å². The SMILES string of the molecule is O=C(CCC(F)(F)F)NC(c1cnn2cc([C@@H](NC(=O)[C@H]3C[C@H]3C(F)F)C3CCC(F)(F)CC3)nc2c1)C1CC1. The predicted octanol–water partition coefficient (Wildman–Crippen LogP) is 5.52. The zero-order chi connectivity index (χ0) is 28.8. The Bertz CT molecular complexity index is 1240. The molecule has 3 saturated carbocycles. The zero-order valence-corrected chi connectivity index (χ0v) is 21.4. The summed E-state index contributed by atoms with van der Waals surface area (Å²) in [4.78, 5) is 29.6. The third-order valence-corrected chi connectivity index (χ3v) is 8.11. The van der Waals surface area contributed by atoms with Crippen LogP contribution in [0.25, 0.3) is 5.65 Å². The first-order valence-electron chi connectivity index (χ1n) is 13.5. The van der Waals surface area contributed by atoms with Crippen molar-refractivity contribution < 1.29 is 40.3 Å². The lowest BCUT2D eigenvalue weighted by Gasteiger charge is -2.33. The molecular formula is C26H30F7N5O2. The lowest BCUT2D eigenvalue weighted by molar-refractivity contribution is -0.144. The maximum Gasteiger partial charge on any atom is 0.389 e. The summed E-state index contributed by atoms with van der Waals surface area (Å²) in [5.41, 5.74) is 1.24. The summed E-state index contributed by atoms with van der Waals surface area (Å²) in [6, 6.07) is 0.315. The van der Waals surface area contributed by atoms with Crippen LogP contribution in [-0.2, 0) is 9.59 Å². The lowest BCUT2D eigenvalue weighted by atomic mass is 9.81. The van der Waals surface area contributed by atoms with E-state index in [1.54, 1.807) is 12.3 Å². The van der Waals surface area contributed by atoms with Crippen LogP contribution in [0.4, 0.5) is 30.7 Å². The highest BCUT2D eigenvalue weighted by Crippen LogP contribution is 2.46. The molecule has 2 aromatic rings. The van der Waals surface area contributed by atoms with Crippen LogP contribution in [0.2, 0.25) is 0 Å². The summed E-state index contributed by atoms with van der Waals surface area (Å²) >= 11 is 0. The van der Waals surface area contributed by atoms with Gasteiger partial charge < -0.3 is 10.6 Å². The molecule has 7 nitrogen and oxygen atoms in total. The molecule has 0 bridgehead atoms. The number of carbonyl (C=O) groups is 2. The van der Waals surface area contributed by atoms with Gasteiger partial charge in [0, 0.05) is 31.1 Å². The number of imidazole rings is 1. The van der Waals surface area contributed by atoms with E-state index in [1.165, 1.54) is 10.7 Å². The molecule has 0 aliphatic heterocycles. The average Bonchev–Trinajstić information content (AvgIpc) is 3.80. The molecule has 5 rings (SSSR count). The van der Waals surface area contributed by atoms with Crippen LogP contribution in [0.5, 0.6) is 0 Å². The molecule has 220 valence electrons. The fourth-order valence-corrected chi connectivity index (χ4v) is 5.52. The van der Waals surface area contributed by atoms with Gasteiger partial charge in [0.15, 0.2) is 5.65 Å². The Morgan fingerprint density at radius 1 is 1.05 bits per heavy atom. The minimum Gasteiger partial charge on any atom is -0.349 e. The second-order valence-electron chi connectivity index (χ2n) is 11.3. The van der Waals surface area contributed by atoms with Crippen LogP contribution in [0.3, 0.4) is 0 Å². The molecule has 3 aliphatic carbocycles. The molecule has 0 spiro atoms. The van der Waals surface area contributed by atoms with E-state index in [-0.39, 0.29) is 43.9 Å². The Balaban J connectivity index is 1.36. The summed E-state index contributed by atoms with van der Waals surface area (Å²) in [5, 5.41) is 9.79. The van der Waals surface area contributed by atoms with Gasteiger partial charge >= 0.3 is 6.18 Å². The molecule has 4 atom stereocenters. The van der Waals surface area contributed by atoms with Crippen LogP contribution in [0, 0.1) is 23.7 Å². The first kappa shape index (κ1) is 28.6. The highest BCUT2D eigenvalue weighted by Gasteiger charge is 2.50. The number of nitrogens with zero attached hydrogens (tertiary/aromatic N) is 3. The van der Waals surface area contributed by atoms with Crippen molar-refractivity contribution in [1.82, 2.24) is 25.2 Å². The number of hydrogen-bond donors (Lipinski definition) is 2. The lowest BCUT2D eigenvalue weighted by Crippen LogP contribution is -2.38. The average molecular weight is 578 g/mol. The van der Waals surface area contributed by atoms with E-state index >= 15 is 0 Å². The molecule has 2 heterocycles. The molecule has 2 N–H and O–H groups in total. The number of aromatic nitrogens is 3. The Kier molecular flexibility index (Phi) is 7.73. The van der Waals surface area contributed by atoms with E-state index < -0.39 is 67.1 Å². The molecule has 2 amide bonds. The molecule has 2 aromatic heterocycles. The highest BCUT2D eigenvalue weighted by atomic mass is 19.4. The van der Waals surface area contributed by atoms with Crippen molar-refractivity contribution >= 4 is 17.5 Å². The summed E-state index contributed by atoms with van der Waals surface area (Å²) in [6.45, 7) is 0. The van der Waals surface area contributed by atoms with E-state index in [0.29, 0.717) is 16.9 Å². The van der Waals surface area contributed by atoms with E-state index in [9.17, 15) is 40.3 Å². The van der Waals surface area contributed by atoms with Crippen molar-refractivity contribution in [3.8, 4) is 0 Å². The third-order valence-electron chi connectivity index (χ3n) is 8.11. The quantitative estimate of drug-likeness (QED) is 0.364. The Morgan fingerprint density at radius 2 is 1.73 bits per heavy atom. The van der Waals surface area contributed by atoms with Gasteiger partial charge in [-0.15, -0.1) is 0 Å². The van der Waals surface area contributed by atoms with E-state index in [2.05, 4.69) is 20.7 Å². The highest BCUT2D eigenvalue weighted by molar-refractivity contribution is 5.82. The molecule has 40 heavy (non-hydrogen) atoms. The minimum atomic E-state index is -4.45. The topological polar surface area (TPSA) is 88.4 Å². The molecule has 14 heteroatoms. The van der Waals surface area contributed by atoms with Crippen molar-refractivity contribution in [3.63, 3.8) is 0 Å². The molecule has 0 saturated heterocycles. The van der Waals surface area contributed by atoms with Crippen LogP contribution >= 0.6 is 0 Å². The van der Waals surface area contributed by atoms with Crippen LogP contribution in [0.15, 0.2) is 18.5 Å². The van der Waals surface area contributed by atoms with Crippen LogP contribution in [-0.4, -0.2) is 44.9 Å². The fourth-order valence-electron chi connectivity index (χ4n) is 5.52. The molecule has 0 radical (unpaired) electrons. The molecule has 3 fully saturated rings. The van der Waals surface area contributed by atoms with E-state index in [1.807, 2.05) is 0 Å². The number of nitrogens with one attached hydrogen (secondary N) is 2. The van der Waals surface area contributed by atoms with Gasteiger partial charge in [-0.25, -0.2) is 27.1 Å². The number of alkyl halides is 7. The van der Waals surface area contributed by atoms with Crippen LogP contribution in [0.1, 0.15) is 81.1 Å². The summed E-state index contributed by atoms with van der Waals surface area (Å²) < 4.78 is 92.9. The number of hydrogen-bond acceptors (Lipinski definition) is 4. The Labute approximate surface area is 225 Å². The van der Waals surface area contributed by atoms with Gasteiger partial charge in [-0.3, -0.25) is 9.59 Å². The van der Waals surface area contributed by atoms with Crippen molar-refractivity contribution in [1.29, 1.82) is 0 Å². The zero-order valence-electron chi connectivity index (χ0n) is 21.4. The van der Waals surface area contributed by atoms with E-state index in [4.69, 9.17) is 0 Å². The number of fused-ring (bicyclic) bond motifs is 1. The van der Waals surface area contributed by atoms with Crippen molar-refractivity contribution in [2.24, 2.45) is 23.7 Å². The van der Waals surface area contributed by atoms with Gasteiger partial charge in [-0.05, 0) is 55.6 Å². The van der Waals surface area contributed by atoms with Crippen molar-refractivity contribution in [2.45, 2.75) is 88.4 Å². The number of amides is 2. The first-order valence-corrected chi connectivity index (χ1v) is 13.5. The summed E-state index contributed by atoms with van der Waals surface area (Å²) in [5.74, 6) is -6.29. The largest absolute Gasteiger partial charge is 0.389 e. The second kappa shape index (κ2) is 10.8. The van der Waals surface area contributed by atoms with Gasteiger partial charge in [0.1, 0.15) is 0 Å². The smallest absolute Gasteiger partial charge is 0.349 e. The van der Waals surface area contributed by atoms with Crippen molar-refractivity contribution in [2.75, 3.05) is 0 Å². The monoisotopic (exact) mass is 577 g/mol. The first-order chi connectivity index (χ1) is 18.8. The maximum atomic E-state index is 13.9. The number of rotatable bonds is 10. The fraction of sp³-hybridized carbons (Fsp3) is 0.692. The second-order valence-corrected chi connectivity index (χ2v) is 11.3. The molecule has 0 aromatic carbocycles. The number of halogens is 7. The summed E-state index contributed by atoms with van der Waals surface area (Å²) in [7, 11) is 0. The predicted molar refractivity (Wildman–Crippen MR) is 127 cm³/mol. The normalized spacial score (nSPS) is 24.6. The van der Waals surface area contributed by atoms with Gasteiger partial charge in [-0.1, -0.05) is 0 Å². The molecular weight excluding hydrogens is 547 g/mol. The van der Waals surface area contributed by atoms with Gasteiger partial charge in [0.05, 0.1) is 36.6 Å². The Morgan fingerprint density at radius 3 is 2.33 bits per heavy atom. The van der Waals surface area contributed by atoms with Gasteiger partial charge in [0.25, 0.3) is 0 Å². The van der Waals surface area contributed by atoms with Gasteiger partial charge in [-0.2, -0.15) is 18.3 Å². The Hall–Kier alpha value is -2.93. The third kappa shape index (κ3) is 6.85. The van der Waals surface area contributed by atoms with Crippen LogP contribution < -0.4 is 10.6 Å². The molecule has 3 aliphatic rings. The summed E-state index contributed by atoms with van der Waals surface area (Å²) in [6.07, 6.45) is -4.81. The van der Waals surface area contributed by atoms with E-state index in [0.717, 1.165) is 12.8 Å². The standard InChI is InChI=1S/C26H30F7N5O2/c27-23(28)16-10-17(16)24(40)37-22(14-3-6-25(29,30)7-4-14)18-12-38-19(35-18)9-15(11-34-38)21(13-1-2-13)36-20(39)5-8-26(31,32)33/h9,11-14,16-17,21-23H,1-8,10H2,(H,36,39)(H,37,40)/t16-,17+,21?,22+/m1/s1. The number of carbonyl (C=O) groups excluding carboxylic acids is 2. The molecule has 1 unspecified atom stereocenters.